The number of unbranched alkanes of at least 4 members (excludes halogenated alkanes) is 7. The van der Waals surface area contributed by atoms with Crippen molar-refractivity contribution in [3.05, 3.63) is 0 Å². The highest BCUT2D eigenvalue weighted by atomic mass is 14.5. The minimum Gasteiger partial charge on any atom is -0.330 e. The lowest BCUT2D eigenvalue weighted by Crippen LogP contribution is -1.97. The fourth-order valence-electron chi connectivity index (χ4n) is 1.28. The predicted molar refractivity (Wildman–Crippen MR) is 90.4 cm³/mol. The van der Waals surface area contributed by atoms with Gasteiger partial charge in [-0.25, -0.2) is 0 Å². The van der Waals surface area contributed by atoms with Crippen molar-refractivity contribution < 1.29 is 0 Å². The predicted octanol–water partition coefficient (Wildman–Crippen LogP) is 3.80. The lowest BCUT2D eigenvalue weighted by atomic mass is 10.1. The zero-order valence-corrected chi connectivity index (χ0v) is 13.9. The van der Waals surface area contributed by atoms with Crippen LogP contribution in [0.15, 0.2) is 0 Å². The van der Waals surface area contributed by atoms with Gasteiger partial charge in [0.15, 0.2) is 0 Å². The largest absolute Gasteiger partial charge is 0.330 e. The zero-order valence-electron chi connectivity index (χ0n) is 13.9. The van der Waals surface area contributed by atoms with E-state index < -0.39 is 0 Å². The van der Waals surface area contributed by atoms with Crippen molar-refractivity contribution in [2.24, 2.45) is 17.2 Å². The summed E-state index contributed by atoms with van der Waals surface area (Å²) in [5.41, 5.74) is 15.4. The minimum atomic E-state index is 0.819. The molecule has 6 N–H and O–H groups in total. The normalized spacial score (nSPS) is 9.16. The van der Waals surface area contributed by atoms with E-state index in [-0.39, 0.29) is 0 Å². The van der Waals surface area contributed by atoms with E-state index in [1.54, 1.807) is 0 Å². The fourth-order valence-corrected chi connectivity index (χ4v) is 1.28. The monoisotopic (exact) mass is 275 g/mol. The van der Waals surface area contributed by atoms with Crippen LogP contribution in [0.25, 0.3) is 0 Å². The van der Waals surface area contributed by atoms with Crippen LogP contribution in [-0.4, -0.2) is 19.6 Å². The SMILES string of the molecule is CCCCCCCCCCN.CCCN.CCCN. The maximum absolute atomic E-state index is 5.39. The van der Waals surface area contributed by atoms with Crippen LogP contribution in [0, 0.1) is 0 Å². The highest BCUT2D eigenvalue weighted by Crippen LogP contribution is 2.07. The molecule has 0 bridgehead atoms. The Bertz CT molecular complexity index is 92.2. The second-order valence-electron chi connectivity index (χ2n) is 4.84. The summed E-state index contributed by atoms with van der Waals surface area (Å²) in [7, 11) is 0. The van der Waals surface area contributed by atoms with Gasteiger partial charge < -0.3 is 17.2 Å². The number of rotatable bonds is 10. The van der Waals surface area contributed by atoms with E-state index in [0.717, 1.165) is 32.5 Å². The van der Waals surface area contributed by atoms with Gasteiger partial charge in [-0.05, 0) is 38.9 Å². The van der Waals surface area contributed by atoms with Crippen LogP contribution in [0.3, 0.4) is 0 Å². The highest BCUT2D eigenvalue weighted by Gasteiger charge is 1.89. The highest BCUT2D eigenvalue weighted by molar-refractivity contribution is 4.45. The number of hydrogen-bond donors (Lipinski definition) is 3. The molecule has 0 aliphatic heterocycles. The lowest BCUT2D eigenvalue weighted by molar-refractivity contribution is 0.578. The van der Waals surface area contributed by atoms with E-state index >= 15 is 0 Å². The summed E-state index contributed by atoms with van der Waals surface area (Å²) >= 11 is 0. The third-order valence-corrected chi connectivity index (χ3v) is 2.64. The molecule has 0 radical (unpaired) electrons. The number of hydrogen-bond acceptors (Lipinski definition) is 3. The Kier molecular flexibility index (Phi) is 38.7. The Morgan fingerprint density at radius 2 is 0.737 bits per heavy atom. The molecule has 0 aromatic rings. The zero-order chi connectivity index (χ0) is 15.2. The van der Waals surface area contributed by atoms with Crippen LogP contribution in [0.1, 0.15) is 85.0 Å². The third kappa shape index (κ3) is 46.2. The summed E-state index contributed by atoms with van der Waals surface area (Å²) in [5.74, 6) is 0. The maximum Gasteiger partial charge on any atom is -0.00773 e. The average molecular weight is 276 g/mol. The van der Waals surface area contributed by atoms with Gasteiger partial charge in [-0.3, -0.25) is 0 Å². The molecule has 3 heteroatoms. The summed E-state index contributed by atoms with van der Waals surface area (Å²) in [6.07, 6.45) is 13.2. The Morgan fingerprint density at radius 3 is 1.00 bits per heavy atom. The van der Waals surface area contributed by atoms with Crippen molar-refractivity contribution in [2.75, 3.05) is 19.6 Å². The summed E-state index contributed by atoms with van der Waals surface area (Å²) in [5, 5.41) is 0. The summed E-state index contributed by atoms with van der Waals surface area (Å²) < 4.78 is 0. The molecule has 0 amide bonds. The summed E-state index contributed by atoms with van der Waals surface area (Å²) in [4.78, 5) is 0. The molecule has 0 atom stereocenters. The van der Waals surface area contributed by atoms with Crippen molar-refractivity contribution in [1.82, 2.24) is 0 Å². The topological polar surface area (TPSA) is 78.1 Å². The van der Waals surface area contributed by atoms with E-state index in [1.807, 2.05) is 0 Å². The van der Waals surface area contributed by atoms with Crippen molar-refractivity contribution in [3.8, 4) is 0 Å². The van der Waals surface area contributed by atoms with Crippen molar-refractivity contribution in [3.63, 3.8) is 0 Å². The van der Waals surface area contributed by atoms with Crippen molar-refractivity contribution >= 4 is 0 Å². The third-order valence-electron chi connectivity index (χ3n) is 2.64. The molecule has 0 aliphatic carbocycles. The fraction of sp³-hybridized carbons (Fsp3) is 1.00. The van der Waals surface area contributed by atoms with E-state index in [1.165, 1.54) is 51.4 Å². The van der Waals surface area contributed by atoms with Crippen LogP contribution in [0.2, 0.25) is 0 Å². The molecule has 0 aromatic heterocycles. The van der Waals surface area contributed by atoms with Crippen molar-refractivity contribution in [1.29, 1.82) is 0 Å². The van der Waals surface area contributed by atoms with Gasteiger partial charge >= 0.3 is 0 Å². The van der Waals surface area contributed by atoms with E-state index in [2.05, 4.69) is 20.8 Å². The molecule has 0 heterocycles. The second kappa shape index (κ2) is 30.7. The van der Waals surface area contributed by atoms with Crippen LogP contribution in [-0.2, 0) is 0 Å². The summed E-state index contributed by atoms with van der Waals surface area (Å²) in [6, 6.07) is 0. The Morgan fingerprint density at radius 1 is 0.421 bits per heavy atom. The number of nitrogens with two attached hydrogens (primary N) is 3. The smallest absolute Gasteiger partial charge is 0.00773 e. The lowest BCUT2D eigenvalue weighted by Gasteiger charge is -1.99. The molecule has 0 fully saturated rings. The van der Waals surface area contributed by atoms with Crippen LogP contribution in [0.4, 0.5) is 0 Å². The first kappa shape index (κ1) is 23.9. The van der Waals surface area contributed by atoms with Gasteiger partial charge in [0.05, 0.1) is 0 Å². The van der Waals surface area contributed by atoms with Gasteiger partial charge in [-0.2, -0.15) is 0 Å². The van der Waals surface area contributed by atoms with Crippen molar-refractivity contribution in [2.45, 2.75) is 85.0 Å². The average Bonchev–Trinajstić information content (AvgIpc) is 2.47. The Labute approximate surface area is 122 Å². The molecule has 0 aromatic carbocycles. The van der Waals surface area contributed by atoms with E-state index in [0.29, 0.717) is 0 Å². The van der Waals surface area contributed by atoms with E-state index in [9.17, 15) is 0 Å². The van der Waals surface area contributed by atoms with Gasteiger partial charge in [-0.1, -0.05) is 65.7 Å². The molecule has 120 valence electrons. The molecule has 0 saturated heterocycles. The van der Waals surface area contributed by atoms with Gasteiger partial charge in [0.1, 0.15) is 0 Å². The van der Waals surface area contributed by atoms with Crippen LogP contribution < -0.4 is 17.2 Å². The van der Waals surface area contributed by atoms with Crippen LogP contribution >= 0.6 is 0 Å². The van der Waals surface area contributed by atoms with Gasteiger partial charge in [0.25, 0.3) is 0 Å². The molecule has 3 nitrogen and oxygen atoms in total. The van der Waals surface area contributed by atoms with E-state index in [4.69, 9.17) is 17.2 Å². The van der Waals surface area contributed by atoms with Gasteiger partial charge in [0, 0.05) is 0 Å². The molecule has 0 saturated carbocycles. The Hall–Kier alpha value is -0.120. The molecule has 0 rings (SSSR count). The molecule has 0 aliphatic rings. The second-order valence-corrected chi connectivity index (χ2v) is 4.84. The molecular formula is C16H41N3. The molecular weight excluding hydrogens is 234 g/mol. The Balaban J connectivity index is -0.000000264. The summed E-state index contributed by atoms with van der Waals surface area (Å²) in [6.45, 7) is 8.88. The standard InChI is InChI=1S/C10H23N.2C3H9N/c1-2-3-4-5-6-7-8-9-10-11;2*1-2-3-4/h2-11H2,1H3;2*2-4H2,1H3. The van der Waals surface area contributed by atoms with Gasteiger partial charge in [-0.15, -0.1) is 0 Å². The first-order chi connectivity index (χ1) is 9.24. The quantitative estimate of drug-likeness (QED) is 0.531. The maximum atomic E-state index is 5.39. The van der Waals surface area contributed by atoms with Crippen LogP contribution in [0.5, 0.6) is 0 Å². The first-order valence-corrected chi connectivity index (χ1v) is 8.35. The first-order valence-electron chi connectivity index (χ1n) is 8.35. The van der Waals surface area contributed by atoms with Gasteiger partial charge in [0.2, 0.25) is 0 Å². The molecule has 0 spiro atoms. The molecule has 19 heavy (non-hydrogen) atoms. The minimum absolute atomic E-state index is 0.819. The molecule has 0 unspecified atom stereocenters.